The van der Waals surface area contributed by atoms with Gasteiger partial charge in [-0.1, -0.05) is 25.2 Å². The van der Waals surface area contributed by atoms with Crippen LogP contribution in [0.25, 0.3) is 0 Å². The van der Waals surface area contributed by atoms with Gasteiger partial charge in [-0.25, -0.2) is 0 Å². The molecule has 0 aliphatic carbocycles. The van der Waals surface area contributed by atoms with Crippen molar-refractivity contribution in [3.8, 4) is 0 Å². The molecule has 0 fully saturated rings. The average Bonchev–Trinajstić information content (AvgIpc) is 3.10. The van der Waals surface area contributed by atoms with Crippen LogP contribution in [0.5, 0.6) is 0 Å². The predicted octanol–water partition coefficient (Wildman–Crippen LogP) is 3.74. The van der Waals surface area contributed by atoms with E-state index in [1.54, 1.807) is 24.3 Å². The maximum atomic E-state index is 12.3. The number of carbonyl (C=O) groups is 2. The number of carbonyl (C=O) groups excluding carboxylic acids is 2. The Bertz CT molecular complexity index is 742. The number of rotatable bonds is 10. The first-order valence-electron chi connectivity index (χ1n) is 9.19. The molecule has 0 spiro atoms. The highest BCUT2D eigenvalue weighted by atomic mass is 32.1. The Hall–Kier alpha value is -2.32. The van der Waals surface area contributed by atoms with Crippen molar-refractivity contribution in [2.45, 2.75) is 40.0 Å². The number of benzene rings is 1. The second-order valence-corrected chi connectivity index (χ2v) is 7.04. The highest BCUT2D eigenvalue weighted by Crippen LogP contribution is 2.18. The second-order valence-electron chi connectivity index (χ2n) is 5.98. The van der Waals surface area contributed by atoms with Gasteiger partial charge in [-0.3, -0.25) is 14.9 Å². The van der Waals surface area contributed by atoms with Crippen LogP contribution in [0.2, 0.25) is 0 Å². The van der Waals surface area contributed by atoms with Gasteiger partial charge < -0.3 is 10.1 Å². The zero-order chi connectivity index (χ0) is 19.6. The lowest BCUT2D eigenvalue weighted by atomic mass is 10.0. The first-order chi connectivity index (χ1) is 13.1. The summed E-state index contributed by atoms with van der Waals surface area (Å²) in [7, 11) is 0. The number of ether oxygens (including phenoxy) is 1. The standard InChI is InChI=1S/C19H26N4O3S/c1-4-13(5-2)17(24)20-15-9-7-14(8-10-15)18(25)21-19-23-22-16(27-19)11-12-26-6-3/h7-10,13H,4-6,11-12H2,1-3H3,(H,20,24)(H,21,23,25). The molecule has 0 radical (unpaired) electrons. The van der Waals surface area contributed by atoms with E-state index in [1.807, 2.05) is 20.8 Å². The van der Waals surface area contributed by atoms with E-state index in [4.69, 9.17) is 4.74 Å². The normalized spacial score (nSPS) is 10.8. The molecule has 27 heavy (non-hydrogen) atoms. The van der Waals surface area contributed by atoms with Gasteiger partial charge in [0.2, 0.25) is 11.0 Å². The van der Waals surface area contributed by atoms with Crippen molar-refractivity contribution in [3.63, 3.8) is 0 Å². The third-order valence-corrected chi connectivity index (χ3v) is 5.02. The van der Waals surface area contributed by atoms with E-state index in [0.29, 0.717) is 36.0 Å². The minimum Gasteiger partial charge on any atom is -0.381 e. The Morgan fingerprint density at radius 2 is 1.78 bits per heavy atom. The quantitative estimate of drug-likeness (QED) is 0.603. The van der Waals surface area contributed by atoms with Crippen molar-refractivity contribution in [1.29, 1.82) is 0 Å². The lowest BCUT2D eigenvalue weighted by Gasteiger charge is -2.12. The summed E-state index contributed by atoms with van der Waals surface area (Å²) >= 11 is 1.33. The van der Waals surface area contributed by atoms with E-state index in [-0.39, 0.29) is 17.7 Å². The molecular weight excluding hydrogens is 364 g/mol. The first kappa shape index (κ1) is 21.0. The minimum absolute atomic E-state index is 0.00213. The molecule has 0 atom stereocenters. The molecule has 2 rings (SSSR count). The van der Waals surface area contributed by atoms with Crippen molar-refractivity contribution >= 4 is 34.0 Å². The molecule has 2 N–H and O–H groups in total. The molecule has 0 saturated heterocycles. The Kier molecular flexibility index (Phi) is 8.35. The third-order valence-electron chi connectivity index (χ3n) is 4.12. The fourth-order valence-corrected chi connectivity index (χ4v) is 3.20. The molecule has 1 aromatic carbocycles. The molecule has 2 aromatic rings. The van der Waals surface area contributed by atoms with Gasteiger partial charge in [-0.2, -0.15) is 0 Å². The number of amides is 2. The van der Waals surface area contributed by atoms with E-state index < -0.39 is 0 Å². The van der Waals surface area contributed by atoms with Gasteiger partial charge in [-0.05, 0) is 44.0 Å². The fourth-order valence-electron chi connectivity index (χ4n) is 2.49. The second kappa shape index (κ2) is 10.7. The minimum atomic E-state index is -0.264. The van der Waals surface area contributed by atoms with Crippen LogP contribution >= 0.6 is 11.3 Å². The van der Waals surface area contributed by atoms with Gasteiger partial charge in [0.1, 0.15) is 5.01 Å². The smallest absolute Gasteiger partial charge is 0.257 e. The van der Waals surface area contributed by atoms with Crippen LogP contribution in [-0.4, -0.2) is 35.2 Å². The largest absolute Gasteiger partial charge is 0.381 e. The van der Waals surface area contributed by atoms with Crippen molar-refractivity contribution in [1.82, 2.24) is 10.2 Å². The number of aromatic nitrogens is 2. The first-order valence-corrected chi connectivity index (χ1v) is 10.0. The summed E-state index contributed by atoms with van der Waals surface area (Å²) in [6.07, 6.45) is 2.28. The topological polar surface area (TPSA) is 93.2 Å². The molecule has 146 valence electrons. The summed E-state index contributed by atoms with van der Waals surface area (Å²) in [6.45, 7) is 7.18. The summed E-state index contributed by atoms with van der Waals surface area (Å²) < 4.78 is 5.29. The van der Waals surface area contributed by atoms with Crippen LogP contribution in [0.1, 0.15) is 49.0 Å². The molecule has 0 aliphatic heterocycles. The lowest BCUT2D eigenvalue weighted by molar-refractivity contribution is -0.120. The molecule has 1 heterocycles. The Morgan fingerprint density at radius 1 is 1.07 bits per heavy atom. The molecular formula is C19H26N4O3S. The van der Waals surface area contributed by atoms with Gasteiger partial charge in [0.05, 0.1) is 6.61 Å². The lowest BCUT2D eigenvalue weighted by Crippen LogP contribution is -2.21. The van der Waals surface area contributed by atoms with Gasteiger partial charge in [-0.15, -0.1) is 10.2 Å². The molecule has 7 nitrogen and oxygen atoms in total. The van der Waals surface area contributed by atoms with E-state index >= 15 is 0 Å². The Morgan fingerprint density at radius 3 is 2.41 bits per heavy atom. The number of nitrogens with zero attached hydrogens (tertiary/aromatic N) is 2. The summed E-state index contributed by atoms with van der Waals surface area (Å²) in [6, 6.07) is 6.80. The van der Waals surface area contributed by atoms with Gasteiger partial charge in [0.15, 0.2) is 0 Å². The highest BCUT2D eigenvalue weighted by Gasteiger charge is 2.15. The molecule has 2 amide bonds. The molecule has 8 heteroatoms. The van der Waals surface area contributed by atoms with Gasteiger partial charge in [0, 0.05) is 30.2 Å². The van der Waals surface area contributed by atoms with E-state index in [1.165, 1.54) is 11.3 Å². The van der Waals surface area contributed by atoms with Crippen LogP contribution in [-0.2, 0) is 16.0 Å². The van der Waals surface area contributed by atoms with Crippen LogP contribution in [0.15, 0.2) is 24.3 Å². The molecule has 1 aromatic heterocycles. The summed E-state index contributed by atoms with van der Waals surface area (Å²) in [4.78, 5) is 24.5. The number of anilines is 2. The maximum Gasteiger partial charge on any atom is 0.257 e. The number of hydrogen-bond donors (Lipinski definition) is 2. The van der Waals surface area contributed by atoms with Crippen LogP contribution in [0.4, 0.5) is 10.8 Å². The van der Waals surface area contributed by atoms with Crippen LogP contribution < -0.4 is 10.6 Å². The summed E-state index contributed by atoms with van der Waals surface area (Å²) in [5, 5.41) is 14.9. The SMILES string of the molecule is CCOCCc1nnc(NC(=O)c2ccc(NC(=O)C(CC)CC)cc2)s1. The van der Waals surface area contributed by atoms with Crippen molar-refractivity contribution < 1.29 is 14.3 Å². The van der Waals surface area contributed by atoms with E-state index in [9.17, 15) is 9.59 Å². The number of hydrogen-bond acceptors (Lipinski definition) is 6. The number of nitrogens with one attached hydrogen (secondary N) is 2. The van der Waals surface area contributed by atoms with Crippen molar-refractivity contribution in [2.24, 2.45) is 5.92 Å². The molecule has 0 bridgehead atoms. The Balaban J connectivity index is 1.91. The maximum absolute atomic E-state index is 12.3. The van der Waals surface area contributed by atoms with Crippen molar-refractivity contribution in [3.05, 3.63) is 34.8 Å². The monoisotopic (exact) mass is 390 g/mol. The predicted molar refractivity (Wildman–Crippen MR) is 107 cm³/mol. The van der Waals surface area contributed by atoms with Crippen molar-refractivity contribution in [2.75, 3.05) is 23.8 Å². The van der Waals surface area contributed by atoms with Gasteiger partial charge >= 0.3 is 0 Å². The average molecular weight is 391 g/mol. The fraction of sp³-hybridized carbons (Fsp3) is 0.474. The zero-order valence-electron chi connectivity index (χ0n) is 15.9. The van der Waals surface area contributed by atoms with E-state index in [2.05, 4.69) is 20.8 Å². The summed E-state index contributed by atoms with van der Waals surface area (Å²) in [5.41, 5.74) is 1.17. The molecule has 0 unspecified atom stereocenters. The molecule has 0 aliphatic rings. The zero-order valence-corrected chi connectivity index (χ0v) is 16.8. The van der Waals surface area contributed by atoms with Crippen LogP contribution in [0, 0.1) is 5.92 Å². The third kappa shape index (κ3) is 6.41. The molecule has 0 saturated carbocycles. The summed E-state index contributed by atoms with van der Waals surface area (Å²) in [5.74, 6) is -0.256. The highest BCUT2D eigenvalue weighted by molar-refractivity contribution is 7.15. The van der Waals surface area contributed by atoms with E-state index in [0.717, 1.165) is 17.8 Å². The van der Waals surface area contributed by atoms with Crippen LogP contribution in [0.3, 0.4) is 0 Å². The van der Waals surface area contributed by atoms with Gasteiger partial charge in [0.25, 0.3) is 5.91 Å². The Labute approximate surface area is 163 Å².